The van der Waals surface area contributed by atoms with Crippen LogP contribution in [0.4, 0.5) is 0 Å². The first kappa shape index (κ1) is 12.3. The van der Waals surface area contributed by atoms with Crippen LogP contribution in [0.5, 0.6) is 5.75 Å². The third kappa shape index (κ3) is 1.77. The van der Waals surface area contributed by atoms with Crippen LogP contribution in [0.25, 0.3) is 15.8 Å². The molecule has 0 aliphatic carbocycles. The molecule has 20 heavy (non-hydrogen) atoms. The molecule has 0 bridgehead atoms. The lowest BCUT2D eigenvalue weighted by atomic mass is 10.2. The Labute approximate surface area is 125 Å². The molecule has 0 amide bonds. The predicted octanol–water partition coefficient (Wildman–Crippen LogP) is 4.02. The maximum absolute atomic E-state index is 5.31. The van der Waals surface area contributed by atoms with Crippen molar-refractivity contribution in [2.75, 3.05) is 20.2 Å². The number of rotatable bonds is 2. The van der Waals surface area contributed by atoms with E-state index in [-0.39, 0.29) is 0 Å². The molecule has 0 N–H and O–H groups in total. The minimum Gasteiger partial charge on any atom is -0.497 e. The van der Waals surface area contributed by atoms with Crippen molar-refractivity contribution in [1.29, 1.82) is 0 Å². The van der Waals surface area contributed by atoms with Crippen molar-refractivity contribution in [3.05, 3.63) is 34.0 Å². The molecule has 2 aromatic rings. The van der Waals surface area contributed by atoms with E-state index in [1.54, 1.807) is 18.9 Å². The molecule has 3 nitrogen and oxygen atoms in total. The van der Waals surface area contributed by atoms with E-state index in [9.17, 15) is 0 Å². The van der Waals surface area contributed by atoms with Gasteiger partial charge < -0.3 is 9.64 Å². The van der Waals surface area contributed by atoms with Gasteiger partial charge in [-0.3, -0.25) is 4.99 Å². The number of ether oxygens (including phenoxy) is 1. The van der Waals surface area contributed by atoms with Crippen LogP contribution in [0.1, 0.15) is 11.8 Å². The third-order valence-corrected chi connectivity index (χ3v) is 5.75. The summed E-state index contributed by atoms with van der Waals surface area (Å²) in [4.78, 5) is 9.58. The standard InChI is InChI=1S/C15H14N2OS2/c1-9-14(17-6-5-16-15(17)19-9)13-7-10-3-4-11(18-2)8-12(10)20-13/h3-4,7-8H,5-6H2,1-2H3. The largest absolute Gasteiger partial charge is 0.497 e. The number of methoxy groups -OCH3 is 1. The summed E-state index contributed by atoms with van der Waals surface area (Å²) in [6, 6.07) is 8.54. The zero-order valence-electron chi connectivity index (χ0n) is 11.3. The van der Waals surface area contributed by atoms with Crippen molar-refractivity contribution in [3.63, 3.8) is 0 Å². The zero-order valence-corrected chi connectivity index (χ0v) is 13.0. The number of amidine groups is 1. The molecule has 0 fully saturated rings. The van der Waals surface area contributed by atoms with Gasteiger partial charge in [0.15, 0.2) is 5.17 Å². The van der Waals surface area contributed by atoms with E-state index >= 15 is 0 Å². The lowest BCUT2D eigenvalue weighted by molar-refractivity contribution is 0.415. The van der Waals surface area contributed by atoms with Crippen molar-refractivity contribution in [2.24, 2.45) is 4.99 Å². The highest BCUT2D eigenvalue weighted by molar-refractivity contribution is 8.17. The van der Waals surface area contributed by atoms with Gasteiger partial charge in [0.2, 0.25) is 0 Å². The molecule has 0 spiro atoms. The van der Waals surface area contributed by atoms with Crippen molar-refractivity contribution >= 4 is 44.0 Å². The molecule has 0 atom stereocenters. The van der Waals surface area contributed by atoms with Crippen molar-refractivity contribution < 1.29 is 4.74 Å². The Morgan fingerprint density at radius 2 is 2.20 bits per heavy atom. The van der Waals surface area contributed by atoms with E-state index in [2.05, 4.69) is 35.0 Å². The second-order valence-electron chi connectivity index (χ2n) is 4.84. The lowest BCUT2D eigenvalue weighted by Crippen LogP contribution is -2.19. The van der Waals surface area contributed by atoms with Gasteiger partial charge in [0.1, 0.15) is 5.75 Å². The summed E-state index contributed by atoms with van der Waals surface area (Å²) in [6.45, 7) is 4.11. The quantitative estimate of drug-likeness (QED) is 0.837. The second-order valence-corrected chi connectivity index (χ2v) is 7.10. The first-order valence-electron chi connectivity index (χ1n) is 6.55. The van der Waals surface area contributed by atoms with E-state index in [0.29, 0.717) is 0 Å². The summed E-state index contributed by atoms with van der Waals surface area (Å²) in [6.07, 6.45) is 0. The molecule has 1 aromatic carbocycles. The fourth-order valence-corrected chi connectivity index (χ4v) is 4.97. The number of benzene rings is 1. The van der Waals surface area contributed by atoms with E-state index in [0.717, 1.165) is 24.0 Å². The Bertz CT molecular complexity index is 760. The molecular weight excluding hydrogens is 288 g/mol. The van der Waals surface area contributed by atoms with Crippen molar-refractivity contribution in [3.8, 4) is 5.75 Å². The average molecular weight is 302 g/mol. The Hall–Kier alpha value is -1.46. The Morgan fingerprint density at radius 3 is 3.05 bits per heavy atom. The van der Waals surface area contributed by atoms with E-state index in [4.69, 9.17) is 4.74 Å². The highest BCUT2D eigenvalue weighted by Gasteiger charge is 2.31. The van der Waals surface area contributed by atoms with Crippen LogP contribution in [0.15, 0.2) is 34.2 Å². The van der Waals surface area contributed by atoms with Gasteiger partial charge in [0.05, 0.1) is 24.2 Å². The van der Waals surface area contributed by atoms with E-state index in [1.807, 2.05) is 17.4 Å². The average Bonchev–Trinajstić information content (AvgIpc) is 3.10. The SMILES string of the molecule is COc1ccc2cc(C3=C(C)SC4=NCCN43)sc2c1. The Morgan fingerprint density at radius 1 is 1.30 bits per heavy atom. The monoisotopic (exact) mass is 302 g/mol. The Balaban J connectivity index is 1.82. The van der Waals surface area contributed by atoms with Crippen LogP contribution in [0, 0.1) is 0 Å². The summed E-state index contributed by atoms with van der Waals surface area (Å²) < 4.78 is 6.58. The van der Waals surface area contributed by atoms with Gasteiger partial charge in [0.25, 0.3) is 0 Å². The Kier molecular flexibility index (Phi) is 2.79. The number of aliphatic imine (C=N–C) groups is 1. The number of hydrogen-bond donors (Lipinski definition) is 0. The fourth-order valence-electron chi connectivity index (χ4n) is 2.66. The van der Waals surface area contributed by atoms with Gasteiger partial charge in [-0.25, -0.2) is 0 Å². The molecule has 4 rings (SSSR count). The van der Waals surface area contributed by atoms with E-state index < -0.39 is 0 Å². The molecule has 2 aliphatic heterocycles. The summed E-state index contributed by atoms with van der Waals surface area (Å²) in [7, 11) is 1.71. The normalized spacial score (nSPS) is 17.9. The van der Waals surface area contributed by atoms with Crippen molar-refractivity contribution in [1.82, 2.24) is 4.90 Å². The molecule has 5 heteroatoms. The van der Waals surface area contributed by atoms with Gasteiger partial charge in [-0.05, 0) is 36.6 Å². The maximum atomic E-state index is 5.31. The summed E-state index contributed by atoms with van der Waals surface area (Å²) in [5.74, 6) is 0.917. The smallest absolute Gasteiger partial charge is 0.168 e. The molecule has 0 saturated carbocycles. The molecule has 0 radical (unpaired) electrons. The summed E-state index contributed by atoms with van der Waals surface area (Å²) in [5.41, 5.74) is 1.34. The molecule has 3 heterocycles. The first-order valence-corrected chi connectivity index (χ1v) is 8.18. The minimum atomic E-state index is 0.915. The highest BCUT2D eigenvalue weighted by atomic mass is 32.2. The number of allylic oxidation sites excluding steroid dienone is 1. The molecule has 0 unspecified atom stereocenters. The van der Waals surface area contributed by atoms with Crippen LogP contribution < -0.4 is 4.74 Å². The number of fused-ring (bicyclic) bond motifs is 2. The third-order valence-electron chi connectivity index (χ3n) is 3.61. The number of hydrogen-bond acceptors (Lipinski definition) is 5. The molecule has 1 aromatic heterocycles. The van der Waals surface area contributed by atoms with Gasteiger partial charge in [0, 0.05) is 16.1 Å². The molecule has 2 aliphatic rings. The van der Waals surface area contributed by atoms with Gasteiger partial charge in [-0.1, -0.05) is 11.8 Å². The molecule has 102 valence electrons. The van der Waals surface area contributed by atoms with Crippen LogP contribution in [-0.4, -0.2) is 30.3 Å². The van der Waals surface area contributed by atoms with E-state index in [1.165, 1.54) is 25.6 Å². The zero-order chi connectivity index (χ0) is 13.7. The minimum absolute atomic E-state index is 0.915. The fraction of sp³-hybridized carbons (Fsp3) is 0.267. The lowest BCUT2D eigenvalue weighted by Gasteiger charge is -2.15. The topological polar surface area (TPSA) is 24.8 Å². The van der Waals surface area contributed by atoms with Crippen LogP contribution >= 0.6 is 23.1 Å². The van der Waals surface area contributed by atoms with Crippen molar-refractivity contribution in [2.45, 2.75) is 6.92 Å². The molecular formula is C15H14N2OS2. The van der Waals surface area contributed by atoms with Gasteiger partial charge >= 0.3 is 0 Å². The summed E-state index contributed by atoms with van der Waals surface area (Å²) >= 11 is 3.62. The number of thiophene rings is 1. The number of nitrogens with zero attached hydrogens (tertiary/aromatic N) is 2. The van der Waals surface area contributed by atoms with Gasteiger partial charge in [-0.15, -0.1) is 11.3 Å². The first-order chi connectivity index (χ1) is 9.76. The second kappa shape index (κ2) is 4.53. The maximum Gasteiger partial charge on any atom is 0.168 e. The summed E-state index contributed by atoms with van der Waals surface area (Å²) in [5, 5.41) is 2.44. The van der Waals surface area contributed by atoms with Crippen LogP contribution in [0.2, 0.25) is 0 Å². The van der Waals surface area contributed by atoms with Gasteiger partial charge in [-0.2, -0.15) is 0 Å². The number of thioether (sulfide) groups is 1. The van der Waals surface area contributed by atoms with Crippen LogP contribution in [-0.2, 0) is 0 Å². The molecule has 0 saturated heterocycles. The predicted molar refractivity (Wildman–Crippen MR) is 87.6 cm³/mol. The van der Waals surface area contributed by atoms with Crippen LogP contribution in [0.3, 0.4) is 0 Å². The highest BCUT2D eigenvalue weighted by Crippen LogP contribution is 2.44.